The number of hydrogen-bond acceptors (Lipinski definition) is 0. The Labute approximate surface area is 93.6 Å². The van der Waals surface area contributed by atoms with E-state index in [-0.39, 0.29) is 95.7 Å². The summed E-state index contributed by atoms with van der Waals surface area (Å²) in [6.07, 6.45) is 0. The van der Waals surface area contributed by atoms with Gasteiger partial charge in [-0.05, 0) is 0 Å². The summed E-state index contributed by atoms with van der Waals surface area (Å²) in [7, 11) is 0. The van der Waals surface area contributed by atoms with Gasteiger partial charge < -0.3 is 0 Å². The first-order chi connectivity index (χ1) is 0. The van der Waals surface area contributed by atoms with Crippen LogP contribution in [0.1, 0.15) is 0 Å². The van der Waals surface area contributed by atoms with Crippen molar-refractivity contribution in [2.75, 3.05) is 0 Å². The molecule has 0 bridgehead atoms. The SMILES string of the molecule is [AlH3].[Ce].[Cu].[Zn]. The van der Waals surface area contributed by atoms with Gasteiger partial charge in [-0.3, -0.25) is 0 Å². The molecule has 0 unspecified atom stereocenters. The van der Waals surface area contributed by atoms with Crippen molar-refractivity contribution >= 4 is 17.4 Å². The van der Waals surface area contributed by atoms with Crippen LogP contribution in [0.25, 0.3) is 0 Å². The molecule has 0 fully saturated rings. The average Bonchev–Trinajstić information content (AvgIpc) is 0. The largest absolute Gasteiger partial charge is 0.187 e. The standard InChI is InChI=1S/Al.Ce.Cu.Zn.3H. The molecule has 0 aliphatic rings. The van der Waals surface area contributed by atoms with E-state index < -0.39 is 0 Å². The maximum absolute atomic E-state index is 0. The summed E-state index contributed by atoms with van der Waals surface area (Å²) in [5, 5.41) is 0. The molecule has 0 rings (SSSR count). The van der Waals surface area contributed by atoms with Crippen LogP contribution < -0.4 is 0 Å². The molecular weight excluding hydrogens is 296 g/mol. The van der Waals surface area contributed by atoms with Gasteiger partial charge in [-0.15, -0.1) is 0 Å². The summed E-state index contributed by atoms with van der Waals surface area (Å²) >= 11 is 0. The van der Waals surface area contributed by atoms with Gasteiger partial charge in [0.25, 0.3) is 0 Å². The normalized spacial score (nSPS) is 0. The second kappa shape index (κ2) is 16.6. The van der Waals surface area contributed by atoms with Crippen molar-refractivity contribution in [3.05, 3.63) is 0 Å². The molecule has 0 N–H and O–H groups in total. The Hall–Kier alpha value is 3.05. The number of rotatable bonds is 0. The zero-order chi connectivity index (χ0) is 0. The summed E-state index contributed by atoms with van der Waals surface area (Å²) in [6, 6.07) is 0. The molecule has 23 valence electrons. The predicted molar refractivity (Wildman–Crippen MR) is 9.94 cm³/mol. The first-order valence-electron chi connectivity index (χ1n) is 0. The third kappa shape index (κ3) is 8.90. The van der Waals surface area contributed by atoms with Crippen molar-refractivity contribution in [3.8, 4) is 0 Å². The van der Waals surface area contributed by atoms with Crippen LogP contribution in [0.2, 0.25) is 0 Å². The Kier molecular flexibility index (Phi) is 115. The molecule has 4 heavy (non-hydrogen) atoms. The van der Waals surface area contributed by atoms with Crippen LogP contribution in [0, 0.1) is 41.7 Å². The molecule has 4 heteroatoms. The fraction of sp³-hybridized carbons (Fsp3) is 0. The molecule has 1 radical (unpaired) electrons. The molecule has 0 heterocycles. The van der Waals surface area contributed by atoms with E-state index in [1.807, 2.05) is 0 Å². The van der Waals surface area contributed by atoms with Crippen molar-refractivity contribution in [1.29, 1.82) is 0 Å². The van der Waals surface area contributed by atoms with Crippen LogP contribution in [0.5, 0.6) is 0 Å². The van der Waals surface area contributed by atoms with Gasteiger partial charge >= 0.3 is 0 Å². The van der Waals surface area contributed by atoms with E-state index in [4.69, 9.17) is 0 Å². The second-order valence-electron chi connectivity index (χ2n) is 0. The molecule has 0 saturated carbocycles. The Morgan fingerprint density at radius 3 is 1.00 bits per heavy atom. The van der Waals surface area contributed by atoms with Crippen LogP contribution in [0.3, 0.4) is 0 Å². The molecular formula is H3AlCeCuZn. The molecule has 0 amide bonds. The summed E-state index contributed by atoms with van der Waals surface area (Å²) in [5.41, 5.74) is 0. The topological polar surface area (TPSA) is 0 Å². The maximum Gasteiger partial charge on any atom is 0.187 e. The Bertz CT molecular complexity index is 8.00. The van der Waals surface area contributed by atoms with Crippen LogP contribution in [0.15, 0.2) is 0 Å². The van der Waals surface area contributed by atoms with Gasteiger partial charge in [-0.25, -0.2) is 0 Å². The van der Waals surface area contributed by atoms with E-state index >= 15 is 0 Å². The van der Waals surface area contributed by atoms with E-state index in [0.717, 1.165) is 0 Å². The second-order valence-corrected chi connectivity index (χ2v) is 0. The molecule has 0 nitrogen and oxygen atoms in total. The van der Waals surface area contributed by atoms with Gasteiger partial charge in [0, 0.05) is 78.3 Å². The van der Waals surface area contributed by atoms with Gasteiger partial charge in [0.1, 0.15) is 0 Å². The minimum atomic E-state index is 0. The Morgan fingerprint density at radius 2 is 1.00 bits per heavy atom. The van der Waals surface area contributed by atoms with E-state index in [2.05, 4.69) is 0 Å². The molecule has 0 spiro atoms. The van der Waals surface area contributed by atoms with E-state index in [0.29, 0.717) is 0 Å². The third-order valence-electron chi connectivity index (χ3n) is 0. The van der Waals surface area contributed by atoms with Crippen LogP contribution >= 0.6 is 0 Å². The molecule has 0 saturated heterocycles. The Morgan fingerprint density at radius 1 is 1.00 bits per heavy atom. The maximum atomic E-state index is 0. The summed E-state index contributed by atoms with van der Waals surface area (Å²) in [4.78, 5) is 0. The molecule has 0 atom stereocenters. The minimum Gasteiger partial charge on any atom is 0 e. The summed E-state index contributed by atoms with van der Waals surface area (Å²) < 4.78 is 0. The van der Waals surface area contributed by atoms with E-state index in [1.165, 1.54) is 0 Å². The monoisotopic (exact) mass is 297 g/mol. The first kappa shape index (κ1) is 27.7. The molecule has 0 aromatic heterocycles. The van der Waals surface area contributed by atoms with Crippen molar-refractivity contribution in [1.82, 2.24) is 0 Å². The van der Waals surface area contributed by atoms with Gasteiger partial charge in [0.2, 0.25) is 0 Å². The first-order valence-corrected chi connectivity index (χ1v) is 0. The quantitative estimate of drug-likeness (QED) is 0.494. The smallest absolute Gasteiger partial charge is 0 e. The predicted octanol–water partition coefficient (Wildman–Crippen LogP) is -1.19. The van der Waals surface area contributed by atoms with Gasteiger partial charge in [0.05, 0.1) is 0 Å². The van der Waals surface area contributed by atoms with Crippen molar-refractivity contribution in [3.63, 3.8) is 0 Å². The Balaban J connectivity index is 0. The van der Waals surface area contributed by atoms with Crippen LogP contribution in [-0.2, 0) is 36.5 Å². The fourth-order valence-corrected chi connectivity index (χ4v) is 0. The van der Waals surface area contributed by atoms with Gasteiger partial charge in [-0.1, -0.05) is 0 Å². The molecule has 0 aliphatic carbocycles. The number of hydrogen-bond donors (Lipinski definition) is 0. The van der Waals surface area contributed by atoms with Crippen molar-refractivity contribution in [2.24, 2.45) is 0 Å². The van der Waals surface area contributed by atoms with Crippen molar-refractivity contribution < 1.29 is 78.3 Å². The van der Waals surface area contributed by atoms with Crippen LogP contribution in [-0.4, -0.2) is 17.4 Å². The fourth-order valence-electron chi connectivity index (χ4n) is 0. The van der Waals surface area contributed by atoms with Crippen molar-refractivity contribution in [2.45, 2.75) is 0 Å². The van der Waals surface area contributed by atoms with Gasteiger partial charge in [-0.2, -0.15) is 0 Å². The average molecular weight is 299 g/mol. The molecule has 0 aromatic carbocycles. The van der Waals surface area contributed by atoms with Gasteiger partial charge in [0.15, 0.2) is 17.4 Å². The zero-order valence-electron chi connectivity index (χ0n) is 1.51. The minimum absolute atomic E-state index is 0. The van der Waals surface area contributed by atoms with Crippen LogP contribution in [0.4, 0.5) is 0 Å². The molecule has 0 aromatic rings. The summed E-state index contributed by atoms with van der Waals surface area (Å²) in [5.74, 6) is 0. The van der Waals surface area contributed by atoms with E-state index in [1.54, 1.807) is 0 Å². The molecule has 0 aliphatic heterocycles. The summed E-state index contributed by atoms with van der Waals surface area (Å²) in [6.45, 7) is 0. The van der Waals surface area contributed by atoms with E-state index in [9.17, 15) is 0 Å². The zero-order valence-corrected chi connectivity index (χ0v) is 8.56. The third-order valence-corrected chi connectivity index (χ3v) is 0.